The van der Waals surface area contributed by atoms with Crippen LogP contribution in [0.1, 0.15) is 17.1 Å². The van der Waals surface area contributed by atoms with Gasteiger partial charge in [0.15, 0.2) is 0 Å². The van der Waals surface area contributed by atoms with Crippen LogP contribution in [0.3, 0.4) is 0 Å². The quantitative estimate of drug-likeness (QED) is 0.859. The fraction of sp³-hybridized carbons (Fsp3) is 0.583. The molecule has 2 heterocycles. The Morgan fingerprint density at radius 2 is 2.45 bits per heavy atom. The maximum atomic E-state index is 12.0. The number of aromatic nitrogens is 1. The van der Waals surface area contributed by atoms with Crippen molar-refractivity contribution >= 4 is 23.3 Å². The number of nitrogens with zero attached hydrogens (tertiary/aromatic N) is 2. The van der Waals surface area contributed by atoms with Crippen molar-refractivity contribution in [2.24, 2.45) is 0 Å². The van der Waals surface area contributed by atoms with Gasteiger partial charge in [0.25, 0.3) is 0 Å². The summed E-state index contributed by atoms with van der Waals surface area (Å²) in [6.45, 7) is 3.42. The van der Waals surface area contributed by atoms with Crippen LogP contribution in [-0.2, 0) is 16.1 Å². The number of morpholine rings is 1. The van der Waals surface area contributed by atoms with Crippen LogP contribution < -0.4 is 5.32 Å². The molecule has 0 spiro atoms. The van der Waals surface area contributed by atoms with Crippen LogP contribution in [0.4, 0.5) is 4.79 Å². The fourth-order valence-corrected chi connectivity index (χ4v) is 2.60. The summed E-state index contributed by atoms with van der Waals surface area (Å²) in [7, 11) is 0. The summed E-state index contributed by atoms with van der Waals surface area (Å²) in [6, 6.07) is -0.214. The van der Waals surface area contributed by atoms with E-state index in [1.54, 1.807) is 4.90 Å². The zero-order chi connectivity index (χ0) is 14.5. The molecule has 0 aromatic carbocycles. The summed E-state index contributed by atoms with van der Waals surface area (Å²) in [4.78, 5) is 28.5. The van der Waals surface area contributed by atoms with Gasteiger partial charge >= 0.3 is 12.0 Å². The van der Waals surface area contributed by atoms with E-state index in [0.29, 0.717) is 26.2 Å². The predicted octanol–water partition coefficient (Wildman–Crippen LogP) is 0.837. The van der Waals surface area contributed by atoms with Gasteiger partial charge in [-0.25, -0.2) is 9.78 Å². The Kier molecular flexibility index (Phi) is 4.91. The number of carbonyl (C=O) groups excluding carboxylic acids is 1. The number of urea groups is 1. The third kappa shape index (κ3) is 4.17. The van der Waals surface area contributed by atoms with Crippen molar-refractivity contribution in [3.8, 4) is 0 Å². The normalized spacial score (nSPS) is 18.9. The molecule has 0 bridgehead atoms. The van der Waals surface area contributed by atoms with Gasteiger partial charge in [0.1, 0.15) is 0 Å². The van der Waals surface area contributed by atoms with Crippen LogP contribution >= 0.6 is 11.3 Å². The van der Waals surface area contributed by atoms with Gasteiger partial charge in [-0.15, -0.1) is 11.3 Å². The van der Waals surface area contributed by atoms with Crippen molar-refractivity contribution in [1.29, 1.82) is 0 Å². The lowest BCUT2D eigenvalue weighted by Gasteiger charge is -2.32. The molecule has 20 heavy (non-hydrogen) atoms. The van der Waals surface area contributed by atoms with Crippen LogP contribution in [0, 0.1) is 6.92 Å². The second-order valence-corrected chi connectivity index (χ2v) is 5.62. The van der Waals surface area contributed by atoms with Crippen LogP contribution in [0.15, 0.2) is 5.38 Å². The lowest BCUT2D eigenvalue weighted by molar-refractivity contribution is -0.141. The molecule has 2 rings (SSSR count). The van der Waals surface area contributed by atoms with Gasteiger partial charge in [-0.1, -0.05) is 0 Å². The summed E-state index contributed by atoms with van der Waals surface area (Å²) in [5, 5.41) is 14.4. The molecule has 0 saturated carbocycles. The molecule has 1 aromatic rings. The van der Waals surface area contributed by atoms with E-state index in [1.165, 1.54) is 11.3 Å². The number of rotatable bonds is 4. The molecule has 1 atom stereocenters. The van der Waals surface area contributed by atoms with Gasteiger partial charge in [-0.3, -0.25) is 4.79 Å². The van der Waals surface area contributed by atoms with Gasteiger partial charge in [0.2, 0.25) is 0 Å². The molecular weight excluding hydrogens is 282 g/mol. The van der Waals surface area contributed by atoms with E-state index in [-0.39, 0.29) is 12.5 Å². The SMILES string of the molecule is Cc1nc(CNC(=O)N2CCOC(CC(=O)O)C2)cs1. The Hall–Kier alpha value is -1.67. The average molecular weight is 299 g/mol. The van der Waals surface area contributed by atoms with E-state index in [1.807, 2.05) is 12.3 Å². The number of aryl methyl sites for hydroxylation is 1. The number of thiazole rings is 1. The zero-order valence-electron chi connectivity index (χ0n) is 11.2. The second-order valence-electron chi connectivity index (χ2n) is 4.55. The number of ether oxygens (including phenoxy) is 1. The first-order valence-electron chi connectivity index (χ1n) is 6.32. The molecule has 0 aliphatic carbocycles. The zero-order valence-corrected chi connectivity index (χ0v) is 12.0. The first-order valence-corrected chi connectivity index (χ1v) is 7.19. The number of amides is 2. The van der Waals surface area contributed by atoms with Gasteiger partial charge in [-0.05, 0) is 6.92 Å². The minimum Gasteiger partial charge on any atom is -0.481 e. The molecule has 1 aliphatic heterocycles. The maximum absolute atomic E-state index is 12.0. The van der Waals surface area contributed by atoms with E-state index in [4.69, 9.17) is 9.84 Å². The van der Waals surface area contributed by atoms with Crippen molar-refractivity contribution in [3.05, 3.63) is 16.1 Å². The summed E-state index contributed by atoms with van der Waals surface area (Å²) in [6.07, 6.45) is -0.525. The maximum Gasteiger partial charge on any atom is 0.317 e. The van der Waals surface area contributed by atoms with Gasteiger partial charge in [-0.2, -0.15) is 0 Å². The lowest BCUT2D eigenvalue weighted by Crippen LogP contribution is -2.49. The number of carbonyl (C=O) groups is 2. The van der Waals surface area contributed by atoms with Crippen molar-refractivity contribution < 1.29 is 19.4 Å². The molecule has 2 N–H and O–H groups in total. The molecule has 1 aliphatic rings. The number of aliphatic carboxylic acids is 1. The molecule has 8 heteroatoms. The van der Waals surface area contributed by atoms with Gasteiger partial charge < -0.3 is 20.1 Å². The number of hydrogen-bond donors (Lipinski definition) is 2. The Bertz CT molecular complexity index is 491. The van der Waals surface area contributed by atoms with Crippen LogP contribution in [0.25, 0.3) is 0 Å². The Labute approximate surface area is 120 Å². The number of hydrogen-bond acceptors (Lipinski definition) is 5. The Morgan fingerprint density at radius 1 is 1.65 bits per heavy atom. The highest BCUT2D eigenvalue weighted by Crippen LogP contribution is 2.10. The standard InChI is InChI=1S/C12H17N3O4S/c1-8-14-9(7-20-8)5-13-12(18)15-2-3-19-10(6-15)4-11(16)17/h7,10H,2-6H2,1H3,(H,13,18)(H,16,17). The lowest BCUT2D eigenvalue weighted by atomic mass is 10.2. The first-order chi connectivity index (χ1) is 9.54. The van der Waals surface area contributed by atoms with E-state index in [2.05, 4.69) is 10.3 Å². The molecule has 1 saturated heterocycles. The van der Waals surface area contributed by atoms with E-state index >= 15 is 0 Å². The van der Waals surface area contributed by atoms with Crippen LogP contribution in [-0.4, -0.2) is 52.8 Å². The molecular formula is C12H17N3O4S. The van der Waals surface area contributed by atoms with Gasteiger partial charge in [0.05, 0.1) is 36.4 Å². The Morgan fingerprint density at radius 3 is 3.10 bits per heavy atom. The number of carboxylic acid groups (broad SMARTS) is 1. The second kappa shape index (κ2) is 6.67. The highest BCUT2D eigenvalue weighted by molar-refractivity contribution is 7.09. The van der Waals surface area contributed by atoms with Crippen LogP contribution in [0.2, 0.25) is 0 Å². The van der Waals surface area contributed by atoms with Gasteiger partial charge in [0, 0.05) is 18.5 Å². The largest absolute Gasteiger partial charge is 0.481 e. The van der Waals surface area contributed by atoms with E-state index in [0.717, 1.165) is 10.7 Å². The molecule has 1 unspecified atom stereocenters. The molecule has 1 fully saturated rings. The molecule has 2 amide bonds. The number of carboxylic acids is 1. The minimum atomic E-state index is -0.921. The Balaban J connectivity index is 1.81. The third-order valence-corrected chi connectivity index (χ3v) is 3.74. The van der Waals surface area contributed by atoms with E-state index in [9.17, 15) is 9.59 Å². The van der Waals surface area contributed by atoms with Crippen LogP contribution in [0.5, 0.6) is 0 Å². The first kappa shape index (κ1) is 14.7. The van der Waals surface area contributed by atoms with Crippen molar-refractivity contribution in [1.82, 2.24) is 15.2 Å². The summed E-state index contributed by atoms with van der Waals surface area (Å²) in [5.74, 6) is -0.921. The monoisotopic (exact) mass is 299 g/mol. The minimum absolute atomic E-state index is 0.0882. The topological polar surface area (TPSA) is 91.8 Å². The average Bonchev–Trinajstić information content (AvgIpc) is 2.81. The van der Waals surface area contributed by atoms with Crippen molar-refractivity contribution in [2.45, 2.75) is 26.0 Å². The molecule has 110 valence electrons. The summed E-state index contributed by atoms with van der Waals surface area (Å²) < 4.78 is 5.32. The predicted molar refractivity (Wildman–Crippen MR) is 72.7 cm³/mol. The summed E-state index contributed by atoms with van der Waals surface area (Å²) in [5.41, 5.74) is 0.830. The number of nitrogens with one attached hydrogen (secondary N) is 1. The smallest absolute Gasteiger partial charge is 0.317 e. The van der Waals surface area contributed by atoms with Crippen molar-refractivity contribution in [2.75, 3.05) is 19.7 Å². The highest BCUT2D eigenvalue weighted by atomic mass is 32.1. The summed E-state index contributed by atoms with van der Waals surface area (Å²) >= 11 is 1.54. The van der Waals surface area contributed by atoms with Crippen molar-refractivity contribution in [3.63, 3.8) is 0 Å². The fourth-order valence-electron chi connectivity index (χ4n) is 1.99. The molecule has 0 radical (unpaired) electrons. The molecule has 1 aromatic heterocycles. The highest BCUT2D eigenvalue weighted by Gasteiger charge is 2.25. The third-order valence-electron chi connectivity index (χ3n) is 2.92. The van der Waals surface area contributed by atoms with E-state index < -0.39 is 12.1 Å². The molecule has 7 nitrogen and oxygen atoms in total.